The molecule has 1 fully saturated rings. The fourth-order valence-electron chi connectivity index (χ4n) is 3.40. The lowest BCUT2D eigenvalue weighted by Crippen LogP contribution is -2.27. The van der Waals surface area contributed by atoms with E-state index in [4.69, 9.17) is 11.6 Å². The Balaban J connectivity index is 1.96. The van der Waals surface area contributed by atoms with Gasteiger partial charge in [-0.2, -0.15) is 0 Å². The Kier molecular flexibility index (Phi) is 3.05. The predicted molar refractivity (Wildman–Crippen MR) is 86.2 cm³/mol. The Morgan fingerprint density at radius 1 is 0.818 bits per heavy atom. The molecule has 0 aromatic heterocycles. The van der Waals surface area contributed by atoms with Crippen molar-refractivity contribution in [3.8, 4) is 0 Å². The molecule has 2 aromatic carbocycles. The Bertz CT molecular complexity index is 807. The van der Waals surface area contributed by atoms with E-state index in [2.05, 4.69) is 4.90 Å². The van der Waals surface area contributed by atoms with Gasteiger partial charge in [0.15, 0.2) is 11.6 Å². The zero-order valence-corrected chi connectivity index (χ0v) is 12.7. The maximum atomic E-state index is 13.0. The first-order chi connectivity index (χ1) is 10.7. The molecule has 0 amide bonds. The molecule has 0 saturated carbocycles. The average Bonchev–Trinajstić information content (AvgIpc) is 3.06. The van der Waals surface area contributed by atoms with Crippen molar-refractivity contribution in [1.82, 2.24) is 0 Å². The van der Waals surface area contributed by atoms with Gasteiger partial charge in [0.2, 0.25) is 0 Å². The highest BCUT2D eigenvalue weighted by Crippen LogP contribution is 2.37. The summed E-state index contributed by atoms with van der Waals surface area (Å²) in [6.07, 6.45) is 2.23. The van der Waals surface area contributed by atoms with Crippen molar-refractivity contribution >= 4 is 28.9 Å². The van der Waals surface area contributed by atoms with Crippen molar-refractivity contribution < 1.29 is 9.59 Å². The molecule has 0 N–H and O–H groups in total. The van der Waals surface area contributed by atoms with Gasteiger partial charge in [-0.25, -0.2) is 0 Å². The van der Waals surface area contributed by atoms with Crippen LogP contribution < -0.4 is 4.90 Å². The molecule has 110 valence electrons. The summed E-state index contributed by atoms with van der Waals surface area (Å²) >= 11 is 6.19. The summed E-state index contributed by atoms with van der Waals surface area (Å²) in [5, 5.41) is 0.345. The minimum atomic E-state index is -0.141. The van der Waals surface area contributed by atoms with Crippen molar-refractivity contribution in [3.63, 3.8) is 0 Å². The van der Waals surface area contributed by atoms with E-state index in [0.29, 0.717) is 27.3 Å². The smallest absolute Gasteiger partial charge is 0.198 e. The number of fused-ring (bicyclic) bond motifs is 2. The zero-order chi connectivity index (χ0) is 15.3. The average molecular weight is 312 g/mol. The summed E-state index contributed by atoms with van der Waals surface area (Å²) < 4.78 is 0. The summed E-state index contributed by atoms with van der Waals surface area (Å²) in [7, 11) is 0. The fourth-order valence-corrected chi connectivity index (χ4v) is 3.66. The van der Waals surface area contributed by atoms with Crippen LogP contribution in [0.25, 0.3) is 0 Å². The minimum Gasteiger partial charge on any atom is -0.371 e. The Morgan fingerprint density at radius 2 is 1.45 bits per heavy atom. The molecule has 0 radical (unpaired) electrons. The van der Waals surface area contributed by atoms with E-state index in [0.717, 1.165) is 31.6 Å². The molecule has 4 heteroatoms. The van der Waals surface area contributed by atoms with Crippen LogP contribution in [0, 0.1) is 0 Å². The standard InChI is InChI=1S/C18H14ClNO2/c19-13-7-3-5-11-15(13)18(22)16-12(17(11)21)6-4-8-14(16)20-9-1-2-10-20/h3-8H,1-2,9-10H2. The van der Waals surface area contributed by atoms with Crippen LogP contribution in [-0.2, 0) is 0 Å². The van der Waals surface area contributed by atoms with Crippen LogP contribution in [0.3, 0.4) is 0 Å². The molecule has 0 unspecified atom stereocenters. The number of hydrogen-bond donors (Lipinski definition) is 0. The second-order valence-corrected chi connectivity index (χ2v) is 6.12. The molecule has 1 aliphatic heterocycles. The molecule has 3 nitrogen and oxygen atoms in total. The molecular weight excluding hydrogens is 298 g/mol. The zero-order valence-electron chi connectivity index (χ0n) is 11.9. The first-order valence-corrected chi connectivity index (χ1v) is 7.82. The predicted octanol–water partition coefficient (Wildman–Crippen LogP) is 3.72. The van der Waals surface area contributed by atoms with E-state index in [9.17, 15) is 9.59 Å². The van der Waals surface area contributed by atoms with E-state index < -0.39 is 0 Å². The van der Waals surface area contributed by atoms with Crippen LogP contribution in [0.15, 0.2) is 36.4 Å². The normalized spacial score (nSPS) is 16.7. The van der Waals surface area contributed by atoms with Gasteiger partial charge in [-0.05, 0) is 25.0 Å². The van der Waals surface area contributed by atoms with Crippen molar-refractivity contribution in [1.29, 1.82) is 0 Å². The third-order valence-electron chi connectivity index (χ3n) is 4.45. The quantitative estimate of drug-likeness (QED) is 0.687. The maximum absolute atomic E-state index is 13.0. The molecule has 0 bridgehead atoms. The van der Waals surface area contributed by atoms with E-state index in [1.54, 1.807) is 24.3 Å². The monoisotopic (exact) mass is 311 g/mol. The van der Waals surface area contributed by atoms with Crippen molar-refractivity contribution in [2.75, 3.05) is 18.0 Å². The molecule has 0 spiro atoms. The van der Waals surface area contributed by atoms with Crippen LogP contribution in [0.2, 0.25) is 5.02 Å². The number of nitrogens with zero attached hydrogens (tertiary/aromatic N) is 1. The van der Waals surface area contributed by atoms with Gasteiger partial charge >= 0.3 is 0 Å². The largest absolute Gasteiger partial charge is 0.371 e. The molecule has 1 saturated heterocycles. The summed E-state index contributed by atoms with van der Waals surface area (Å²) in [5.41, 5.74) is 2.61. The lowest BCUT2D eigenvalue weighted by Gasteiger charge is -2.26. The van der Waals surface area contributed by atoms with Crippen LogP contribution >= 0.6 is 11.6 Å². The van der Waals surface area contributed by atoms with E-state index >= 15 is 0 Å². The molecule has 22 heavy (non-hydrogen) atoms. The van der Waals surface area contributed by atoms with Gasteiger partial charge in [0, 0.05) is 29.9 Å². The lowest BCUT2D eigenvalue weighted by atomic mass is 9.83. The molecule has 2 aromatic rings. The Labute approximate surface area is 133 Å². The number of anilines is 1. The number of hydrogen-bond acceptors (Lipinski definition) is 3. The third kappa shape index (κ3) is 1.82. The summed E-state index contributed by atoms with van der Waals surface area (Å²) in [4.78, 5) is 27.9. The SMILES string of the molecule is O=C1c2cccc(Cl)c2C(=O)c2c1cccc2N1CCCC1. The van der Waals surface area contributed by atoms with Crippen LogP contribution in [-0.4, -0.2) is 24.7 Å². The van der Waals surface area contributed by atoms with Crippen LogP contribution in [0.4, 0.5) is 5.69 Å². The lowest BCUT2D eigenvalue weighted by molar-refractivity contribution is 0.0979. The van der Waals surface area contributed by atoms with E-state index in [1.807, 2.05) is 12.1 Å². The summed E-state index contributed by atoms with van der Waals surface area (Å²) in [6, 6.07) is 10.6. The Morgan fingerprint density at radius 3 is 2.18 bits per heavy atom. The molecule has 2 aliphatic rings. The number of carbonyl (C=O) groups is 2. The molecule has 1 aliphatic carbocycles. The van der Waals surface area contributed by atoms with Gasteiger partial charge in [-0.3, -0.25) is 9.59 Å². The molecular formula is C18H14ClNO2. The van der Waals surface area contributed by atoms with Crippen molar-refractivity contribution in [2.45, 2.75) is 12.8 Å². The topological polar surface area (TPSA) is 37.4 Å². The van der Waals surface area contributed by atoms with E-state index in [1.165, 1.54) is 0 Å². The molecule has 0 atom stereocenters. The highest BCUT2D eigenvalue weighted by Gasteiger charge is 2.34. The van der Waals surface area contributed by atoms with Gasteiger partial charge in [-0.1, -0.05) is 35.9 Å². The number of halogens is 1. The van der Waals surface area contributed by atoms with Crippen LogP contribution in [0.1, 0.15) is 44.7 Å². The van der Waals surface area contributed by atoms with Gasteiger partial charge < -0.3 is 4.90 Å². The first kappa shape index (κ1) is 13.5. The highest BCUT2D eigenvalue weighted by molar-refractivity contribution is 6.39. The van der Waals surface area contributed by atoms with Gasteiger partial charge in [-0.15, -0.1) is 0 Å². The van der Waals surface area contributed by atoms with Crippen molar-refractivity contribution in [3.05, 3.63) is 63.7 Å². The second-order valence-electron chi connectivity index (χ2n) is 5.71. The molecule has 1 heterocycles. The van der Waals surface area contributed by atoms with Gasteiger partial charge in [0.25, 0.3) is 0 Å². The summed E-state index contributed by atoms with van der Waals surface area (Å²) in [5.74, 6) is -0.258. The van der Waals surface area contributed by atoms with Gasteiger partial charge in [0.05, 0.1) is 16.1 Å². The molecule has 4 rings (SSSR count). The third-order valence-corrected chi connectivity index (χ3v) is 4.76. The van der Waals surface area contributed by atoms with E-state index in [-0.39, 0.29) is 11.6 Å². The van der Waals surface area contributed by atoms with Gasteiger partial charge in [0.1, 0.15) is 0 Å². The number of carbonyl (C=O) groups excluding carboxylic acids is 2. The summed E-state index contributed by atoms with van der Waals surface area (Å²) in [6.45, 7) is 1.85. The Hall–Kier alpha value is -2.13. The number of ketones is 2. The minimum absolute atomic E-state index is 0.117. The van der Waals surface area contributed by atoms with Crippen molar-refractivity contribution in [2.24, 2.45) is 0 Å². The number of benzene rings is 2. The first-order valence-electron chi connectivity index (χ1n) is 7.44. The maximum Gasteiger partial charge on any atom is 0.198 e. The fraction of sp³-hybridized carbons (Fsp3) is 0.222. The second kappa shape index (κ2) is 4.96. The number of rotatable bonds is 1. The van der Waals surface area contributed by atoms with Crippen LogP contribution in [0.5, 0.6) is 0 Å². The highest BCUT2D eigenvalue weighted by atomic mass is 35.5.